The first-order chi connectivity index (χ1) is 16.1. The van der Waals surface area contributed by atoms with Gasteiger partial charge in [-0.2, -0.15) is 4.98 Å². The lowest BCUT2D eigenvalue weighted by Crippen LogP contribution is -2.04. The Morgan fingerprint density at radius 3 is 2.06 bits per heavy atom. The smallest absolute Gasteiger partial charge is 0.225 e. The maximum absolute atomic E-state index is 6.17. The van der Waals surface area contributed by atoms with Gasteiger partial charge in [0, 0.05) is 34.4 Å². The zero-order chi connectivity index (χ0) is 23.0. The molecule has 0 amide bonds. The van der Waals surface area contributed by atoms with Crippen LogP contribution in [0.15, 0.2) is 102 Å². The molecule has 0 fully saturated rings. The molecule has 1 N–H and O–H groups in total. The lowest BCUT2D eigenvalue weighted by atomic mass is 9.99. The second kappa shape index (κ2) is 10.8. The van der Waals surface area contributed by atoms with Crippen molar-refractivity contribution in [2.45, 2.75) is 13.2 Å². The molecule has 0 saturated carbocycles. The third kappa shape index (κ3) is 5.82. The highest BCUT2D eigenvalue weighted by Gasteiger charge is 2.16. The minimum atomic E-state index is 0.398. The highest BCUT2D eigenvalue weighted by Crippen LogP contribution is 2.35. The van der Waals surface area contributed by atoms with Gasteiger partial charge in [-0.3, -0.25) is 0 Å². The molecule has 0 aliphatic rings. The van der Waals surface area contributed by atoms with E-state index in [4.69, 9.17) is 9.47 Å². The maximum Gasteiger partial charge on any atom is 0.225 e. The van der Waals surface area contributed by atoms with Gasteiger partial charge in [0.15, 0.2) is 0 Å². The lowest BCUT2D eigenvalue weighted by Gasteiger charge is -2.17. The Hall–Kier alpha value is -3.57. The summed E-state index contributed by atoms with van der Waals surface area (Å²) in [5, 5.41) is 3.24. The second-order valence-corrected chi connectivity index (χ2v) is 8.38. The lowest BCUT2D eigenvalue weighted by molar-refractivity contribution is 0.267. The van der Waals surface area contributed by atoms with Gasteiger partial charge in [0.05, 0.1) is 0 Å². The van der Waals surface area contributed by atoms with Crippen molar-refractivity contribution in [2.75, 3.05) is 12.4 Å². The molecule has 4 aromatic rings. The van der Waals surface area contributed by atoms with Crippen molar-refractivity contribution >= 4 is 27.2 Å². The normalized spacial score (nSPS) is 10.5. The predicted molar refractivity (Wildman–Crippen MR) is 138 cm³/mol. The fourth-order valence-electron chi connectivity index (χ4n) is 3.43. The third-order valence-corrected chi connectivity index (χ3v) is 5.68. The number of hydrogen-bond donors (Lipinski definition) is 1. The molecule has 4 rings (SSSR count). The molecule has 0 bridgehead atoms. The van der Waals surface area contributed by atoms with Gasteiger partial charge in [-0.25, -0.2) is 0 Å². The van der Waals surface area contributed by atoms with Crippen LogP contribution >= 0.6 is 15.9 Å². The largest absolute Gasteiger partial charge is 0.473 e. The minimum absolute atomic E-state index is 0.398. The van der Waals surface area contributed by atoms with E-state index >= 15 is 0 Å². The summed E-state index contributed by atoms with van der Waals surface area (Å²) in [6.45, 7) is 5.19. The summed E-state index contributed by atoms with van der Waals surface area (Å²) in [6, 6.07) is 29.9. The molecule has 4 nitrogen and oxygen atoms in total. The van der Waals surface area contributed by atoms with Gasteiger partial charge in [-0.15, -0.1) is 0 Å². The Kier molecular flexibility index (Phi) is 7.43. The average molecular weight is 501 g/mol. The number of benzene rings is 3. The molecule has 0 radical (unpaired) electrons. The zero-order valence-corrected chi connectivity index (χ0v) is 20.0. The molecule has 3 aromatic carbocycles. The van der Waals surface area contributed by atoms with Crippen molar-refractivity contribution in [3.63, 3.8) is 0 Å². The third-order valence-electron chi connectivity index (χ3n) is 5.18. The van der Waals surface area contributed by atoms with E-state index in [2.05, 4.69) is 32.8 Å². The van der Waals surface area contributed by atoms with Crippen molar-refractivity contribution in [3.8, 4) is 11.8 Å². The molecule has 1 aromatic heterocycles. The summed E-state index contributed by atoms with van der Waals surface area (Å²) < 4.78 is 13.1. The van der Waals surface area contributed by atoms with Crippen LogP contribution in [0.4, 0.5) is 5.69 Å². The van der Waals surface area contributed by atoms with Crippen molar-refractivity contribution in [1.29, 1.82) is 0 Å². The first-order valence-electron chi connectivity index (χ1n) is 10.7. The van der Waals surface area contributed by atoms with Crippen LogP contribution < -0.4 is 14.8 Å². The van der Waals surface area contributed by atoms with E-state index in [1.807, 2.05) is 98.0 Å². The molecule has 166 valence electrons. The number of hydrogen-bond acceptors (Lipinski definition) is 4. The highest BCUT2D eigenvalue weighted by molar-refractivity contribution is 9.10. The number of pyridine rings is 1. The Bertz CT molecular complexity index is 1230. The van der Waals surface area contributed by atoms with Crippen molar-refractivity contribution in [3.05, 3.63) is 124 Å². The molecule has 33 heavy (non-hydrogen) atoms. The van der Waals surface area contributed by atoms with Crippen LogP contribution in [0, 0.1) is 0 Å². The fourth-order valence-corrected chi connectivity index (χ4v) is 3.79. The van der Waals surface area contributed by atoms with E-state index in [-0.39, 0.29) is 0 Å². The van der Waals surface area contributed by atoms with Crippen LogP contribution in [0.5, 0.6) is 11.8 Å². The minimum Gasteiger partial charge on any atom is -0.473 e. The summed E-state index contributed by atoms with van der Waals surface area (Å²) >= 11 is 3.53. The zero-order valence-electron chi connectivity index (χ0n) is 18.4. The fraction of sp³-hybridized carbons (Fsp3) is 0.107. The average Bonchev–Trinajstić information content (AvgIpc) is 2.87. The summed E-state index contributed by atoms with van der Waals surface area (Å²) in [5.74, 6) is 0.988. The first kappa shape index (κ1) is 22.6. The van der Waals surface area contributed by atoms with Crippen molar-refractivity contribution in [2.24, 2.45) is 0 Å². The molecule has 0 aliphatic carbocycles. The van der Waals surface area contributed by atoms with Gasteiger partial charge >= 0.3 is 0 Å². The standard InChI is InChI=1S/C28H25BrN2O2/c1-20(24-14-13-23(29)17-26(24)30-2)25-15-16-27(32-18-21-9-5-3-6-10-21)31-28(25)33-19-22-11-7-4-8-12-22/h3-17,30H,1,18-19H2,2H3. The SMILES string of the molecule is C=C(c1ccc(Br)cc1NC)c1ccc(OCc2ccccc2)nc1OCc1ccccc1. The topological polar surface area (TPSA) is 43.4 Å². The molecule has 0 saturated heterocycles. The monoisotopic (exact) mass is 500 g/mol. The van der Waals surface area contributed by atoms with Crippen LogP contribution in [-0.4, -0.2) is 12.0 Å². The molecule has 0 atom stereocenters. The molecule has 0 unspecified atom stereocenters. The van der Waals surface area contributed by atoms with Crippen LogP contribution in [0.2, 0.25) is 0 Å². The van der Waals surface area contributed by atoms with Gasteiger partial charge < -0.3 is 14.8 Å². The Morgan fingerprint density at radius 1 is 0.818 bits per heavy atom. The number of anilines is 1. The maximum atomic E-state index is 6.17. The van der Waals surface area contributed by atoms with E-state index in [9.17, 15) is 0 Å². The summed E-state index contributed by atoms with van der Waals surface area (Å²) in [6.07, 6.45) is 0. The molecule has 0 spiro atoms. The second-order valence-electron chi connectivity index (χ2n) is 7.47. The molecule has 1 heterocycles. The number of nitrogens with one attached hydrogen (secondary N) is 1. The van der Waals surface area contributed by atoms with Gasteiger partial charge in [0.25, 0.3) is 0 Å². The highest BCUT2D eigenvalue weighted by atomic mass is 79.9. The van der Waals surface area contributed by atoms with Gasteiger partial charge in [0.1, 0.15) is 13.2 Å². The Balaban J connectivity index is 1.63. The quantitative estimate of drug-likeness (QED) is 0.266. The van der Waals surface area contributed by atoms with Gasteiger partial charge in [-0.1, -0.05) is 89.2 Å². The van der Waals surface area contributed by atoms with Gasteiger partial charge in [-0.05, 0) is 34.9 Å². The van der Waals surface area contributed by atoms with Crippen LogP contribution in [0.25, 0.3) is 5.57 Å². The van der Waals surface area contributed by atoms with Crippen molar-refractivity contribution in [1.82, 2.24) is 4.98 Å². The summed E-state index contributed by atoms with van der Waals surface area (Å²) in [5.41, 5.74) is 5.71. The van der Waals surface area contributed by atoms with E-state index in [1.54, 1.807) is 0 Å². The van der Waals surface area contributed by atoms with E-state index < -0.39 is 0 Å². The number of halogens is 1. The van der Waals surface area contributed by atoms with Crippen LogP contribution in [0.1, 0.15) is 22.3 Å². The van der Waals surface area contributed by atoms with E-state index in [0.29, 0.717) is 25.0 Å². The van der Waals surface area contributed by atoms with Gasteiger partial charge in [0.2, 0.25) is 11.8 Å². The molecule has 0 aliphatic heterocycles. The molecule has 5 heteroatoms. The number of nitrogens with zero attached hydrogens (tertiary/aromatic N) is 1. The Labute approximate surface area is 203 Å². The number of rotatable bonds is 9. The predicted octanol–water partition coefficient (Wildman–Crippen LogP) is 7.11. The number of ether oxygens (including phenoxy) is 2. The first-order valence-corrected chi connectivity index (χ1v) is 11.4. The van der Waals surface area contributed by atoms with Crippen molar-refractivity contribution < 1.29 is 9.47 Å². The van der Waals surface area contributed by atoms with Crippen LogP contribution in [-0.2, 0) is 13.2 Å². The summed E-state index contributed by atoms with van der Waals surface area (Å²) in [7, 11) is 1.89. The van der Waals surface area contributed by atoms with E-state index in [1.165, 1.54) is 0 Å². The summed E-state index contributed by atoms with van der Waals surface area (Å²) in [4.78, 5) is 4.69. The van der Waals surface area contributed by atoms with Crippen LogP contribution in [0.3, 0.4) is 0 Å². The molecular formula is C28H25BrN2O2. The van der Waals surface area contributed by atoms with E-state index in [0.717, 1.165) is 38.0 Å². The molecular weight excluding hydrogens is 476 g/mol. The Morgan fingerprint density at radius 2 is 1.42 bits per heavy atom. The number of aromatic nitrogens is 1.